The summed E-state index contributed by atoms with van der Waals surface area (Å²) >= 11 is 2.26. The Morgan fingerprint density at radius 2 is 2.07 bits per heavy atom. The highest BCUT2D eigenvalue weighted by Gasteiger charge is 2.25. The third-order valence-corrected chi connectivity index (χ3v) is 5.21. The summed E-state index contributed by atoms with van der Waals surface area (Å²) in [5.74, 6) is 1.03. The molecule has 0 atom stereocenters. The summed E-state index contributed by atoms with van der Waals surface area (Å²) in [6.45, 7) is 4.59. The SMILES string of the molecule is CCCOc1c(/C=C2\N=C(c3ccc(I)c(C)c3)OC2=O)cccc1OC. The van der Waals surface area contributed by atoms with Crippen LogP contribution in [0.1, 0.15) is 30.0 Å². The van der Waals surface area contributed by atoms with E-state index < -0.39 is 5.97 Å². The Labute approximate surface area is 172 Å². The van der Waals surface area contributed by atoms with E-state index in [0.717, 1.165) is 26.7 Å². The van der Waals surface area contributed by atoms with E-state index in [4.69, 9.17) is 14.2 Å². The van der Waals surface area contributed by atoms with Crippen molar-refractivity contribution in [2.75, 3.05) is 13.7 Å². The molecule has 0 bridgehead atoms. The van der Waals surface area contributed by atoms with Gasteiger partial charge in [-0.25, -0.2) is 9.79 Å². The Kier molecular flexibility index (Phi) is 6.15. The first-order valence-corrected chi connectivity index (χ1v) is 9.70. The maximum Gasteiger partial charge on any atom is 0.363 e. The van der Waals surface area contributed by atoms with Crippen molar-refractivity contribution in [1.82, 2.24) is 0 Å². The summed E-state index contributed by atoms with van der Waals surface area (Å²) in [5.41, 5.74) is 2.83. The molecule has 27 heavy (non-hydrogen) atoms. The molecule has 2 aromatic rings. The Hall–Kier alpha value is -2.35. The van der Waals surface area contributed by atoms with E-state index >= 15 is 0 Å². The van der Waals surface area contributed by atoms with Crippen molar-refractivity contribution in [2.24, 2.45) is 4.99 Å². The minimum atomic E-state index is -0.481. The topological polar surface area (TPSA) is 57.1 Å². The van der Waals surface area contributed by atoms with Crippen LogP contribution in [-0.2, 0) is 9.53 Å². The number of esters is 1. The second-order valence-corrected chi connectivity index (χ2v) is 7.19. The van der Waals surface area contributed by atoms with Crippen LogP contribution in [0.5, 0.6) is 11.5 Å². The fourth-order valence-corrected chi connectivity index (χ4v) is 2.96. The zero-order valence-corrected chi connectivity index (χ0v) is 17.6. The normalized spacial score (nSPS) is 14.9. The predicted octanol–water partition coefficient (Wildman–Crippen LogP) is 4.74. The molecule has 1 heterocycles. The van der Waals surface area contributed by atoms with Crippen LogP contribution in [0.4, 0.5) is 0 Å². The lowest BCUT2D eigenvalue weighted by molar-refractivity contribution is -0.129. The van der Waals surface area contributed by atoms with E-state index in [1.54, 1.807) is 13.2 Å². The minimum absolute atomic E-state index is 0.232. The highest BCUT2D eigenvalue weighted by Crippen LogP contribution is 2.33. The second kappa shape index (κ2) is 8.56. The summed E-state index contributed by atoms with van der Waals surface area (Å²) < 4.78 is 17.7. The van der Waals surface area contributed by atoms with Gasteiger partial charge in [0.05, 0.1) is 13.7 Å². The van der Waals surface area contributed by atoms with Gasteiger partial charge in [0.25, 0.3) is 0 Å². The van der Waals surface area contributed by atoms with Gasteiger partial charge in [-0.1, -0.05) is 19.1 Å². The predicted molar refractivity (Wildman–Crippen MR) is 113 cm³/mol. The first-order valence-electron chi connectivity index (χ1n) is 8.62. The van der Waals surface area contributed by atoms with Gasteiger partial charge in [0.1, 0.15) is 0 Å². The molecule has 5 nitrogen and oxygen atoms in total. The first-order chi connectivity index (χ1) is 13.0. The fraction of sp³-hybridized carbons (Fsp3) is 0.238. The van der Waals surface area contributed by atoms with Gasteiger partial charge in [-0.05, 0) is 71.8 Å². The number of aryl methyl sites for hydroxylation is 1. The molecule has 2 aromatic carbocycles. The molecule has 0 saturated heterocycles. The van der Waals surface area contributed by atoms with Crippen molar-refractivity contribution in [2.45, 2.75) is 20.3 Å². The van der Waals surface area contributed by atoms with Crippen LogP contribution in [0.2, 0.25) is 0 Å². The van der Waals surface area contributed by atoms with Gasteiger partial charge in [-0.3, -0.25) is 0 Å². The molecule has 3 rings (SSSR count). The molecule has 0 N–H and O–H groups in total. The van der Waals surface area contributed by atoms with Gasteiger partial charge >= 0.3 is 5.97 Å². The van der Waals surface area contributed by atoms with Crippen LogP contribution in [-0.4, -0.2) is 25.6 Å². The molecule has 0 aromatic heterocycles. The standard InChI is InChI=1S/C21H20INO4/c1-4-10-26-19-14(6-5-7-18(19)25-3)12-17-21(24)27-20(23-17)15-8-9-16(22)13(2)11-15/h5-9,11-12H,4,10H2,1-3H3/b17-12-. The van der Waals surface area contributed by atoms with E-state index in [2.05, 4.69) is 27.6 Å². The number of para-hydroxylation sites is 1. The van der Waals surface area contributed by atoms with Gasteiger partial charge in [-0.2, -0.15) is 0 Å². The zero-order valence-electron chi connectivity index (χ0n) is 15.4. The Balaban J connectivity index is 1.98. The molecule has 0 unspecified atom stereocenters. The Morgan fingerprint density at radius 3 is 2.78 bits per heavy atom. The van der Waals surface area contributed by atoms with Crippen molar-refractivity contribution >= 4 is 40.5 Å². The Bertz CT molecular complexity index is 934. The largest absolute Gasteiger partial charge is 0.493 e. The molecular formula is C21H20INO4. The van der Waals surface area contributed by atoms with E-state index in [1.807, 2.05) is 50.2 Å². The van der Waals surface area contributed by atoms with Crippen molar-refractivity contribution in [3.8, 4) is 11.5 Å². The van der Waals surface area contributed by atoms with Crippen LogP contribution in [0.25, 0.3) is 6.08 Å². The molecular weight excluding hydrogens is 457 g/mol. The van der Waals surface area contributed by atoms with E-state index in [9.17, 15) is 4.79 Å². The van der Waals surface area contributed by atoms with Crippen molar-refractivity contribution < 1.29 is 19.0 Å². The summed E-state index contributed by atoms with van der Waals surface area (Å²) in [5, 5.41) is 0. The average molecular weight is 477 g/mol. The number of methoxy groups -OCH3 is 1. The number of cyclic esters (lactones) is 1. The van der Waals surface area contributed by atoms with Gasteiger partial charge in [0.2, 0.25) is 5.90 Å². The molecule has 1 aliphatic rings. The first kappa shape index (κ1) is 19.4. The lowest BCUT2D eigenvalue weighted by atomic mass is 10.1. The summed E-state index contributed by atoms with van der Waals surface area (Å²) in [6.07, 6.45) is 2.53. The molecule has 0 aliphatic carbocycles. The monoisotopic (exact) mass is 477 g/mol. The van der Waals surface area contributed by atoms with Crippen LogP contribution in [0, 0.1) is 10.5 Å². The number of ether oxygens (including phenoxy) is 3. The van der Waals surface area contributed by atoms with Crippen molar-refractivity contribution in [3.63, 3.8) is 0 Å². The van der Waals surface area contributed by atoms with Gasteiger partial charge in [-0.15, -0.1) is 0 Å². The highest BCUT2D eigenvalue weighted by molar-refractivity contribution is 14.1. The molecule has 6 heteroatoms. The second-order valence-electron chi connectivity index (χ2n) is 6.03. The average Bonchev–Trinajstić information content (AvgIpc) is 3.03. The molecule has 0 amide bonds. The maximum atomic E-state index is 12.3. The summed E-state index contributed by atoms with van der Waals surface area (Å²) in [4.78, 5) is 16.7. The number of hydrogen-bond acceptors (Lipinski definition) is 5. The summed E-state index contributed by atoms with van der Waals surface area (Å²) in [6, 6.07) is 11.3. The number of halogens is 1. The zero-order chi connectivity index (χ0) is 19.4. The minimum Gasteiger partial charge on any atom is -0.493 e. The van der Waals surface area contributed by atoms with E-state index in [1.165, 1.54) is 0 Å². The highest BCUT2D eigenvalue weighted by atomic mass is 127. The van der Waals surface area contributed by atoms with Crippen LogP contribution >= 0.6 is 22.6 Å². The number of rotatable bonds is 6. The molecule has 140 valence electrons. The third kappa shape index (κ3) is 4.32. The van der Waals surface area contributed by atoms with Crippen LogP contribution < -0.4 is 9.47 Å². The fourth-order valence-electron chi connectivity index (χ4n) is 2.62. The number of hydrogen-bond donors (Lipinski definition) is 0. The number of nitrogens with zero attached hydrogens (tertiary/aromatic N) is 1. The quantitative estimate of drug-likeness (QED) is 0.343. The smallest absolute Gasteiger partial charge is 0.363 e. The lowest BCUT2D eigenvalue weighted by Gasteiger charge is -2.12. The van der Waals surface area contributed by atoms with E-state index in [-0.39, 0.29) is 5.70 Å². The maximum absolute atomic E-state index is 12.3. The summed E-state index contributed by atoms with van der Waals surface area (Å²) in [7, 11) is 1.59. The number of aliphatic imine (C=N–C) groups is 1. The van der Waals surface area contributed by atoms with Crippen molar-refractivity contribution in [3.05, 3.63) is 62.4 Å². The molecule has 1 aliphatic heterocycles. The Morgan fingerprint density at radius 1 is 1.26 bits per heavy atom. The molecule has 0 spiro atoms. The van der Waals surface area contributed by atoms with Gasteiger partial charge in [0.15, 0.2) is 17.2 Å². The number of benzene rings is 2. The van der Waals surface area contributed by atoms with Gasteiger partial charge < -0.3 is 14.2 Å². The van der Waals surface area contributed by atoms with Crippen molar-refractivity contribution in [1.29, 1.82) is 0 Å². The van der Waals surface area contributed by atoms with E-state index in [0.29, 0.717) is 24.0 Å². The van der Waals surface area contributed by atoms with Gasteiger partial charge in [0, 0.05) is 14.7 Å². The number of carbonyl (C=O) groups excluding carboxylic acids is 1. The third-order valence-electron chi connectivity index (χ3n) is 4.00. The molecule has 0 saturated carbocycles. The van der Waals surface area contributed by atoms with Crippen LogP contribution in [0.15, 0.2) is 47.1 Å². The van der Waals surface area contributed by atoms with Crippen LogP contribution in [0.3, 0.4) is 0 Å². The molecule has 0 radical (unpaired) electrons. The molecule has 0 fully saturated rings. The number of carbonyl (C=O) groups is 1. The lowest BCUT2D eigenvalue weighted by Crippen LogP contribution is -2.06.